The summed E-state index contributed by atoms with van der Waals surface area (Å²) < 4.78 is 0. The van der Waals surface area contributed by atoms with E-state index in [1.54, 1.807) is 7.05 Å². The summed E-state index contributed by atoms with van der Waals surface area (Å²) in [6.07, 6.45) is 2.47. The highest BCUT2D eigenvalue weighted by atomic mass is 16.1. The van der Waals surface area contributed by atoms with Crippen LogP contribution in [0.25, 0.3) is 0 Å². The Hall–Kier alpha value is -1.85. The van der Waals surface area contributed by atoms with Gasteiger partial charge in [-0.15, -0.1) is 0 Å². The average Bonchev–Trinajstić information content (AvgIpc) is 2.38. The van der Waals surface area contributed by atoms with E-state index < -0.39 is 0 Å². The lowest BCUT2D eigenvalue weighted by atomic mass is 10.2. The van der Waals surface area contributed by atoms with E-state index in [0.29, 0.717) is 6.54 Å². The molecule has 100 valence electrons. The number of carbonyl (C=O) groups excluding carboxylic acids is 1. The maximum atomic E-state index is 11.5. The largest absolute Gasteiger partial charge is 0.373 e. The van der Waals surface area contributed by atoms with Crippen molar-refractivity contribution in [2.45, 2.75) is 20.3 Å². The fraction of sp³-hybridized carbons (Fsp3) is 0.583. The Morgan fingerprint density at radius 3 is 2.67 bits per heavy atom. The van der Waals surface area contributed by atoms with Crippen LogP contribution in [0.2, 0.25) is 0 Å². The van der Waals surface area contributed by atoms with Crippen molar-refractivity contribution in [3.63, 3.8) is 0 Å². The lowest BCUT2D eigenvalue weighted by molar-refractivity contribution is -0.119. The summed E-state index contributed by atoms with van der Waals surface area (Å²) in [5.74, 6) is 1.57. The quantitative estimate of drug-likeness (QED) is 0.782. The van der Waals surface area contributed by atoms with Crippen molar-refractivity contribution in [2.24, 2.45) is 0 Å². The third-order valence-corrected chi connectivity index (χ3v) is 2.70. The average molecular weight is 251 g/mol. The Bertz CT molecular complexity index is 407. The number of nitrogens with one attached hydrogen (secondary N) is 2. The van der Waals surface area contributed by atoms with Gasteiger partial charge in [-0.05, 0) is 13.3 Å². The number of rotatable bonds is 6. The minimum Gasteiger partial charge on any atom is -0.373 e. The molecule has 1 heterocycles. The van der Waals surface area contributed by atoms with Crippen LogP contribution < -0.4 is 15.5 Å². The summed E-state index contributed by atoms with van der Waals surface area (Å²) in [7, 11) is 3.46. The molecule has 0 aliphatic carbocycles. The molecular formula is C12H21N5O. The lowest BCUT2D eigenvalue weighted by Crippen LogP contribution is -2.37. The van der Waals surface area contributed by atoms with Gasteiger partial charge in [-0.3, -0.25) is 4.79 Å². The molecule has 1 amide bonds. The van der Waals surface area contributed by atoms with Gasteiger partial charge in [0.05, 0.1) is 6.54 Å². The number of carbonyl (C=O) groups is 1. The smallest absolute Gasteiger partial charge is 0.239 e. The number of amides is 1. The molecule has 0 aliphatic rings. The first-order chi connectivity index (χ1) is 8.63. The van der Waals surface area contributed by atoms with Crippen LogP contribution in [0, 0.1) is 6.92 Å². The van der Waals surface area contributed by atoms with E-state index >= 15 is 0 Å². The molecule has 1 aromatic heterocycles. The number of hydrogen-bond acceptors (Lipinski definition) is 5. The highest BCUT2D eigenvalue weighted by Gasteiger charge is 2.15. The molecule has 0 atom stereocenters. The first-order valence-electron chi connectivity index (χ1n) is 6.08. The van der Waals surface area contributed by atoms with Crippen molar-refractivity contribution in [3.05, 3.63) is 11.9 Å². The molecule has 0 unspecified atom stereocenters. The van der Waals surface area contributed by atoms with Crippen molar-refractivity contribution in [3.8, 4) is 0 Å². The second-order valence-electron chi connectivity index (χ2n) is 4.02. The third-order valence-electron chi connectivity index (χ3n) is 2.70. The summed E-state index contributed by atoms with van der Waals surface area (Å²) in [5.41, 5.74) is 0.956. The summed E-state index contributed by atoms with van der Waals surface area (Å²) in [5, 5.41) is 5.65. The monoisotopic (exact) mass is 251 g/mol. The number of aromatic nitrogens is 2. The maximum absolute atomic E-state index is 11.5. The predicted octanol–water partition coefficient (Wildman–Crippen LogP) is 0.789. The van der Waals surface area contributed by atoms with E-state index in [-0.39, 0.29) is 5.91 Å². The minimum absolute atomic E-state index is 0.0209. The topological polar surface area (TPSA) is 70.2 Å². The number of hydrogen-bond donors (Lipinski definition) is 2. The highest BCUT2D eigenvalue weighted by Crippen LogP contribution is 2.21. The van der Waals surface area contributed by atoms with Gasteiger partial charge in [-0.25, -0.2) is 9.97 Å². The van der Waals surface area contributed by atoms with Gasteiger partial charge in [0.15, 0.2) is 0 Å². The molecule has 1 rings (SSSR count). The molecule has 1 aromatic rings. The molecule has 0 saturated heterocycles. The van der Waals surface area contributed by atoms with Crippen LogP contribution >= 0.6 is 0 Å². The van der Waals surface area contributed by atoms with E-state index in [1.165, 1.54) is 6.33 Å². The standard InChI is InChI=1S/C12H21N5O/c1-5-6-17(7-10(18)13-3)12-9(2)11(14-4)15-8-16-12/h8H,5-7H2,1-4H3,(H,13,18)(H,14,15,16). The molecule has 0 saturated carbocycles. The van der Waals surface area contributed by atoms with Crippen LogP contribution in [0.15, 0.2) is 6.33 Å². The normalized spacial score (nSPS) is 10.0. The van der Waals surface area contributed by atoms with Crippen molar-refractivity contribution in [2.75, 3.05) is 37.4 Å². The van der Waals surface area contributed by atoms with E-state index in [1.807, 2.05) is 18.9 Å². The SMILES string of the molecule is CCCN(CC(=O)NC)c1ncnc(NC)c1C. The highest BCUT2D eigenvalue weighted by molar-refractivity contribution is 5.81. The Kier molecular flexibility index (Phi) is 5.35. The molecule has 0 aliphatic heterocycles. The molecule has 2 N–H and O–H groups in total. The van der Waals surface area contributed by atoms with Crippen LogP contribution in [0.3, 0.4) is 0 Å². The molecular weight excluding hydrogens is 230 g/mol. The minimum atomic E-state index is -0.0209. The number of anilines is 2. The van der Waals surface area contributed by atoms with Crippen LogP contribution in [-0.2, 0) is 4.79 Å². The summed E-state index contributed by atoms with van der Waals surface area (Å²) >= 11 is 0. The van der Waals surface area contributed by atoms with Crippen molar-refractivity contribution < 1.29 is 4.79 Å². The van der Waals surface area contributed by atoms with Gasteiger partial charge in [0.25, 0.3) is 0 Å². The number of likely N-dealkylation sites (N-methyl/N-ethyl adjacent to an activating group) is 1. The second kappa shape index (κ2) is 6.78. The molecule has 6 nitrogen and oxygen atoms in total. The van der Waals surface area contributed by atoms with Crippen molar-refractivity contribution >= 4 is 17.5 Å². The predicted molar refractivity (Wildman–Crippen MR) is 72.9 cm³/mol. The fourth-order valence-corrected chi connectivity index (χ4v) is 1.79. The van der Waals surface area contributed by atoms with Crippen LogP contribution in [0.5, 0.6) is 0 Å². The van der Waals surface area contributed by atoms with E-state index in [9.17, 15) is 4.79 Å². The van der Waals surface area contributed by atoms with Gasteiger partial charge in [-0.2, -0.15) is 0 Å². The van der Waals surface area contributed by atoms with Gasteiger partial charge in [0.1, 0.15) is 18.0 Å². The first kappa shape index (κ1) is 14.2. The molecule has 0 fully saturated rings. The second-order valence-corrected chi connectivity index (χ2v) is 4.02. The summed E-state index contributed by atoms with van der Waals surface area (Å²) in [6, 6.07) is 0. The zero-order valence-corrected chi connectivity index (χ0v) is 11.4. The van der Waals surface area contributed by atoms with Crippen LogP contribution in [0.1, 0.15) is 18.9 Å². The Balaban J connectivity index is 3.01. The molecule has 0 spiro atoms. The van der Waals surface area contributed by atoms with Crippen molar-refractivity contribution in [1.82, 2.24) is 15.3 Å². The van der Waals surface area contributed by atoms with Gasteiger partial charge in [-0.1, -0.05) is 6.92 Å². The van der Waals surface area contributed by atoms with E-state index in [0.717, 1.165) is 30.2 Å². The Morgan fingerprint density at radius 2 is 2.11 bits per heavy atom. The summed E-state index contributed by atoms with van der Waals surface area (Å²) in [4.78, 5) is 21.9. The summed E-state index contributed by atoms with van der Waals surface area (Å²) in [6.45, 7) is 5.12. The Labute approximate surface area is 108 Å². The maximum Gasteiger partial charge on any atom is 0.239 e. The molecule has 0 aromatic carbocycles. The van der Waals surface area contributed by atoms with E-state index in [4.69, 9.17) is 0 Å². The number of nitrogens with zero attached hydrogens (tertiary/aromatic N) is 3. The third kappa shape index (κ3) is 3.32. The fourth-order valence-electron chi connectivity index (χ4n) is 1.79. The Morgan fingerprint density at radius 1 is 1.39 bits per heavy atom. The van der Waals surface area contributed by atoms with Crippen LogP contribution in [-0.4, -0.2) is 43.1 Å². The first-order valence-corrected chi connectivity index (χ1v) is 6.08. The van der Waals surface area contributed by atoms with Gasteiger partial charge in [0, 0.05) is 26.2 Å². The molecule has 0 bridgehead atoms. The van der Waals surface area contributed by atoms with Gasteiger partial charge >= 0.3 is 0 Å². The lowest BCUT2D eigenvalue weighted by Gasteiger charge is -2.24. The van der Waals surface area contributed by atoms with E-state index in [2.05, 4.69) is 27.5 Å². The van der Waals surface area contributed by atoms with Gasteiger partial charge in [0.2, 0.25) is 5.91 Å². The van der Waals surface area contributed by atoms with Crippen molar-refractivity contribution in [1.29, 1.82) is 0 Å². The molecule has 0 radical (unpaired) electrons. The molecule has 6 heteroatoms. The zero-order valence-electron chi connectivity index (χ0n) is 11.4. The van der Waals surface area contributed by atoms with Crippen LogP contribution in [0.4, 0.5) is 11.6 Å². The molecule has 18 heavy (non-hydrogen) atoms. The van der Waals surface area contributed by atoms with Gasteiger partial charge < -0.3 is 15.5 Å². The zero-order chi connectivity index (χ0) is 13.5.